The molecule has 0 aromatic carbocycles. The first-order chi connectivity index (χ1) is 7.61. The van der Waals surface area contributed by atoms with Crippen molar-refractivity contribution in [1.29, 1.82) is 0 Å². The number of esters is 1. The molecule has 0 aromatic heterocycles. The van der Waals surface area contributed by atoms with Crippen LogP contribution in [0.2, 0.25) is 0 Å². The van der Waals surface area contributed by atoms with Crippen LogP contribution >= 0.6 is 0 Å². The number of hydrogen-bond acceptors (Lipinski definition) is 4. The molecule has 0 unspecified atom stereocenters. The molecule has 0 saturated carbocycles. The van der Waals surface area contributed by atoms with Crippen molar-refractivity contribution in [1.82, 2.24) is 10.2 Å². The number of carbonyl (C=O) groups is 1. The molecule has 0 aromatic rings. The number of methoxy groups -OCH3 is 1. The van der Waals surface area contributed by atoms with Gasteiger partial charge in [0.25, 0.3) is 0 Å². The van der Waals surface area contributed by atoms with Gasteiger partial charge < -0.3 is 10.1 Å². The van der Waals surface area contributed by atoms with E-state index < -0.39 is 5.54 Å². The fraction of sp³-hybridized carbons (Fsp3) is 0.923. The number of likely N-dealkylation sites (N-methyl/N-ethyl adjacent to an activating group) is 1. The molecule has 1 heterocycles. The van der Waals surface area contributed by atoms with Crippen LogP contribution in [0.25, 0.3) is 0 Å². The maximum atomic E-state index is 12.1. The summed E-state index contributed by atoms with van der Waals surface area (Å²) in [7, 11) is 5.42. The molecule has 0 radical (unpaired) electrons. The van der Waals surface area contributed by atoms with Crippen LogP contribution in [0.4, 0.5) is 0 Å². The molecule has 0 spiro atoms. The first kappa shape index (κ1) is 14.5. The van der Waals surface area contributed by atoms with Gasteiger partial charge in [-0.1, -0.05) is 0 Å². The Hall–Kier alpha value is -0.610. The first-order valence-corrected chi connectivity index (χ1v) is 6.13. The van der Waals surface area contributed by atoms with Crippen molar-refractivity contribution in [3.8, 4) is 0 Å². The average molecular weight is 242 g/mol. The predicted molar refractivity (Wildman–Crippen MR) is 69.0 cm³/mol. The summed E-state index contributed by atoms with van der Waals surface area (Å²) in [5.41, 5.74) is -0.661. The van der Waals surface area contributed by atoms with E-state index >= 15 is 0 Å². The van der Waals surface area contributed by atoms with E-state index in [1.54, 1.807) is 0 Å². The highest BCUT2D eigenvalue weighted by Crippen LogP contribution is 2.42. The third-order valence-corrected chi connectivity index (χ3v) is 4.34. The topological polar surface area (TPSA) is 41.6 Å². The zero-order valence-electron chi connectivity index (χ0n) is 12.2. The summed E-state index contributed by atoms with van der Waals surface area (Å²) in [5.74, 6) is -0.158. The van der Waals surface area contributed by atoms with E-state index in [0.29, 0.717) is 0 Å². The Bertz CT molecular complexity index is 293. The second kappa shape index (κ2) is 4.25. The molecule has 1 aliphatic rings. The molecule has 17 heavy (non-hydrogen) atoms. The number of rotatable bonds is 2. The predicted octanol–water partition coefficient (Wildman–Crippen LogP) is 1.40. The number of carbonyl (C=O) groups excluding carboxylic acids is 1. The summed E-state index contributed by atoms with van der Waals surface area (Å²) in [6.45, 7) is 8.68. The second-order valence-electron chi connectivity index (χ2n) is 6.36. The van der Waals surface area contributed by atoms with E-state index in [-0.39, 0.29) is 17.0 Å². The zero-order chi connectivity index (χ0) is 13.5. The largest absolute Gasteiger partial charge is 0.468 e. The molecule has 100 valence electrons. The molecular weight excluding hydrogens is 216 g/mol. The first-order valence-electron chi connectivity index (χ1n) is 6.13. The quantitative estimate of drug-likeness (QED) is 0.743. The molecule has 0 bridgehead atoms. The highest BCUT2D eigenvalue weighted by molar-refractivity contribution is 5.81. The van der Waals surface area contributed by atoms with Gasteiger partial charge in [0.2, 0.25) is 0 Å². The number of piperidine rings is 1. The molecule has 1 rings (SSSR count). The molecule has 0 aliphatic carbocycles. The maximum Gasteiger partial charge on any atom is 0.326 e. The number of likely N-dealkylation sites (tertiary alicyclic amines) is 1. The van der Waals surface area contributed by atoms with E-state index in [1.165, 1.54) is 7.11 Å². The summed E-state index contributed by atoms with van der Waals surface area (Å²) >= 11 is 0. The fourth-order valence-electron chi connectivity index (χ4n) is 3.21. The van der Waals surface area contributed by atoms with E-state index in [9.17, 15) is 4.79 Å². The highest BCUT2D eigenvalue weighted by atomic mass is 16.5. The standard InChI is InChI=1S/C13H26N2O2/c1-11(2)8-13(14-5,10(16)17-7)9-12(3,4)15(11)6/h14H,8-9H2,1-7H3. The Morgan fingerprint density at radius 2 is 1.59 bits per heavy atom. The lowest BCUT2D eigenvalue weighted by molar-refractivity contribution is -0.158. The minimum Gasteiger partial charge on any atom is -0.468 e. The third-order valence-electron chi connectivity index (χ3n) is 4.34. The number of ether oxygens (including phenoxy) is 1. The van der Waals surface area contributed by atoms with Gasteiger partial charge in [0.1, 0.15) is 5.54 Å². The summed E-state index contributed by atoms with van der Waals surface area (Å²) in [6.07, 6.45) is 1.51. The van der Waals surface area contributed by atoms with Crippen LogP contribution in [0, 0.1) is 0 Å². The molecule has 4 nitrogen and oxygen atoms in total. The smallest absolute Gasteiger partial charge is 0.326 e. The fourth-order valence-corrected chi connectivity index (χ4v) is 3.21. The van der Waals surface area contributed by atoms with Crippen molar-refractivity contribution in [2.24, 2.45) is 0 Å². The van der Waals surface area contributed by atoms with Gasteiger partial charge in [-0.15, -0.1) is 0 Å². The highest BCUT2D eigenvalue weighted by Gasteiger charge is 2.54. The van der Waals surface area contributed by atoms with Gasteiger partial charge in [0.05, 0.1) is 7.11 Å². The second-order valence-corrected chi connectivity index (χ2v) is 6.36. The molecule has 0 atom stereocenters. The van der Waals surface area contributed by atoms with Gasteiger partial charge in [-0.25, -0.2) is 0 Å². The van der Waals surface area contributed by atoms with Crippen molar-refractivity contribution >= 4 is 5.97 Å². The van der Waals surface area contributed by atoms with Crippen molar-refractivity contribution in [2.75, 3.05) is 21.2 Å². The van der Waals surface area contributed by atoms with Gasteiger partial charge in [-0.3, -0.25) is 9.69 Å². The van der Waals surface area contributed by atoms with Gasteiger partial charge in [0.15, 0.2) is 0 Å². The molecule has 0 amide bonds. The van der Waals surface area contributed by atoms with Crippen molar-refractivity contribution in [3.05, 3.63) is 0 Å². The third kappa shape index (κ3) is 2.33. The minimum atomic E-state index is -0.575. The minimum absolute atomic E-state index is 0.0427. The Labute approximate surface area is 105 Å². The van der Waals surface area contributed by atoms with Crippen LogP contribution < -0.4 is 5.32 Å². The Morgan fingerprint density at radius 1 is 1.18 bits per heavy atom. The van der Waals surface area contributed by atoms with Gasteiger partial charge in [-0.05, 0) is 54.6 Å². The monoisotopic (exact) mass is 242 g/mol. The molecule has 1 aliphatic heterocycles. The van der Waals surface area contributed by atoms with Crippen LogP contribution in [0.3, 0.4) is 0 Å². The van der Waals surface area contributed by atoms with Gasteiger partial charge in [0, 0.05) is 11.1 Å². The summed E-state index contributed by atoms with van der Waals surface area (Å²) in [4.78, 5) is 14.4. The normalized spacial score (nSPS) is 26.5. The zero-order valence-corrected chi connectivity index (χ0v) is 12.2. The lowest BCUT2D eigenvalue weighted by Crippen LogP contribution is -2.69. The summed E-state index contributed by atoms with van der Waals surface area (Å²) in [6, 6.07) is 0. The lowest BCUT2D eigenvalue weighted by atomic mass is 9.69. The van der Waals surface area contributed by atoms with Crippen LogP contribution in [-0.2, 0) is 9.53 Å². The molecule has 4 heteroatoms. The Morgan fingerprint density at radius 3 is 1.88 bits per heavy atom. The average Bonchev–Trinajstić information content (AvgIpc) is 2.23. The molecular formula is C13H26N2O2. The summed E-state index contributed by atoms with van der Waals surface area (Å²) in [5, 5.41) is 3.20. The Balaban J connectivity index is 3.16. The van der Waals surface area contributed by atoms with Gasteiger partial charge >= 0.3 is 5.97 Å². The Kier molecular flexibility index (Phi) is 3.61. The molecule has 1 saturated heterocycles. The van der Waals surface area contributed by atoms with E-state index in [4.69, 9.17) is 4.74 Å². The van der Waals surface area contributed by atoms with E-state index in [2.05, 4.69) is 45.0 Å². The summed E-state index contributed by atoms with van der Waals surface area (Å²) < 4.78 is 4.99. The van der Waals surface area contributed by atoms with Gasteiger partial charge in [-0.2, -0.15) is 0 Å². The number of nitrogens with one attached hydrogen (secondary N) is 1. The van der Waals surface area contributed by atoms with Crippen LogP contribution in [0.15, 0.2) is 0 Å². The number of hydrogen-bond donors (Lipinski definition) is 1. The molecule has 1 fully saturated rings. The van der Waals surface area contributed by atoms with Crippen LogP contribution in [-0.4, -0.2) is 48.7 Å². The maximum absolute atomic E-state index is 12.1. The van der Waals surface area contributed by atoms with Crippen LogP contribution in [0.1, 0.15) is 40.5 Å². The van der Waals surface area contributed by atoms with Crippen molar-refractivity contribution in [2.45, 2.75) is 57.2 Å². The lowest BCUT2D eigenvalue weighted by Gasteiger charge is -2.57. The SMILES string of the molecule is CNC1(C(=O)OC)CC(C)(C)N(C)C(C)(C)C1. The van der Waals surface area contributed by atoms with Crippen molar-refractivity contribution < 1.29 is 9.53 Å². The van der Waals surface area contributed by atoms with Crippen LogP contribution in [0.5, 0.6) is 0 Å². The molecule has 1 N–H and O–H groups in total. The van der Waals surface area contributed by atoms with E-state index in [1.807, 2.05) is 7.05 Å². The van der Waals surface area contributed by atoms with E-state index in [0.717, 1.165) is 12.8 Å². The number of nitrogens with zero attached hydrogens (tertiary/aromatic N) is 1. The van der Waals surface area contributed by atoms with Crippen molar-refractivity contribution in [3.63, 3.8) is 0 Å².